The zero-order valence-electron chi connectivity index (χ0n) is 14.1. The minimum atomic E-state index is 0.116. The second-order valence-corrected chi connectivity index (χ2v) is 6.50. The van der Waals surface area contributed by atoms with Crippen LogP contribution in [0.25, 0.3) is 0 Å². The lowest BCUT2D eigenvalue weighted by molar-refractivity contribution is 0.0972. The Bertz CT molecular complexity index is 758. The van der Waals surface area contributed by atoms with Crippen LogP contribution in [0.5, 0.6) is 0 Å². The number of para-hydroxylation sites is 1. The van der Waals surface area contributed by atoms with Gasteiger partial charge in [-0.1, -0.05) is 18.2 Å². The number of benzene rings is 1. The summed E-state index contributed by atoms with van der Waals surface area (Å²) in [6.07, 6.45) is 4.59. The van der Waals surface area contributed by atoms with Crippen LogP contribution < -0.4 is 10.6 Å². The number of carbonyl (C=O) groups is 1. The summed E-state index contributed by atoms with van der Waals surface area (Å²) in [4.78, 5) is 21.6. The first kappa shape index (κ1) is 16.0. The number of Topliss-reactive ketones (excluding diaryl/α,β-unsaturated/α-hetero) is 1. The monoisotopic (exact) mass is 338 g/mol. The number of ether oxygens (including phenoxy) is 1. The van der Waals surface area contributed by atoms with Gasteiger partial charge in [0.1, 0.15) is 5.82 Å². The van der Waals surface area contributed by atoms with Crippen molar-refractivity contribution in [3.63, 3.8) is 0 Å². The van der Waals surface area contributed by atoms with Crippen LogP contribution in [0.15, 0.2) is 30.3 Å². The second-order valence-electron chi connectivity index (χ2n) is 6.50. The van der Waals surface area contributed by atoms with Crippen molar-refractivity contribution in [2.24, 2.45) is 0 Å². The minimum Gasteiger partial charge on any atom is -0.376 e. The fraction of sp³-hybridized carbons (Fsp3) is 0.421. The molecule has 0 spiro atoms. The van der Waals surface area contributed by atoms with E-state index in [1.807, 2.05) is 30.3 Å². The van der Waals surface area contributed by atoms with Crippen LogP contribution in [-0.2, 0) is 11.2 Å². The van der Waals surface area contributed by atoms with E-state index in [0.29, 0.717) is 30.3 Å². The van der Waals surface area contributed by atoms with Gasteiger partial charge in [-0.3, -0.25) is 4.79 Å². The van der Waals surface area contributed by atoms with Crippen molar-refractivity contribution in [3.8, 4) is 0 Å². The van der Waals surface area contributed by atoms with Gasteiger partial charge >= 0.3 is 0 Å². The number of nitrogens with zero attached hydrogens (tertiary/aromatic N) is 2. The standard InChI is InChI=1S/C19H22N4O2/c24-16-10-4-9-15-17(16)18(21-13-6-2-1-3-7-13)23-19(22-15)20-12-14-8-5-11-25-14/h1-3,6-7,14H,4-5,8-12H2,(H2,20,21,22,23). The average molecular weight is 338 g/mol. The van der Waals surface area contributed by atoms with Crippen LogP contribution in [0.2, 0.25) is 0 Å². The number of aromatic nitrogens is 2. The van der Waals surface area contributed by atoms with Crippen LogP contribution >= 0.6 is 0 Å². The average Bonchev–Trinajstić information content (AvgIpc) is 3.14. The van der Waals surface area contributed by atoms with Gasteiger partial charge in [0, 0.05) is 25.3 Å². The summed E-state index contributed by atoms with van der Waals surface area (Å²) >= 11 is 0. The maximum atomic E-state index is 12.4. The topological polar surface area (TPSA) is 76.1 Å². The largest absolute Gasteiger partial charge is 0.376 e. The van der Waals surface area contributed by atoms with E-state index in [0.717, 1.165) is 43.7 Å². The molecule has 2 heterocycles. The van der Waals surface area contributed by atoms with Crippen molar-refractivity contribution in [1.82, 2.24) is 9.97 Å². The molecule has 1 aromatic carbocycles. The first-order chi connectivity index (χ1) is 12.3. The number of hydrogen-bond donors (Lipinski definition) is 2. The number of carbonyl (C=O) groups excluding carboxylic acids is 1. The third kappa shape index (κ3) is 3.64. The van der Waals surface area contributed by atoms with Crippen LogP contribution in [-0.4, -0.2) is 35.0 Å². The van der Waals surface area contributed by atoms with E-state index in [2.05, 4.69) is 20.6 Å². The number of ketones is 1. The highest BCUT2D eigenvalue weighted by molar-refractivity contribution is 6.03. The SMILES string of the molecule is O=C1CCCc2nc(NCC3CCCO3)nc(Nc3ccccc3)c21. The van der Waals surface area contributed by atoms with Crippen molar-refractivity contribution in [2.45, 2.75) is 38.2 Å². The van der Waals surface area contributed by atoms with Gasteiger partial charge in [0.2, 0.25) is 5.95 Å². The molecule has 0 radical (unpaired) electrons. The predicted octanol–water partition coefficient (Wildman–Crippen LogP) is 3.33. The van der Waals surface area contributed by atoms with Gasteiger partial charge in [-0.25, -0.2) is 4.98 Å². The summed E-state index contributed by atoms with van der Waals surface area (Å²) in [5.41, 5.74) is 2.38. The summed E-state index contributed by atoms with van der Waals surface area (Å²) < 4.78 is 5.64. The van der Waals surface area contributed by atoms with E-state index in [-0.39, 0.29) is 11.9 Å². The maximum absolute atomic E-state index is 12.4. The number of nitrogens with one attached hydrogen (secondary N) is 2. The van der Waals surface area contributed by atoms with Crippen molar-refractivity contribution < 1.29 is 9.53 Å². The molecule has 0 bridgehead atoms. The quantitative estimate of drug-likeness (QED) is 0.871. The Morgan fingerprint density at radius 1 is 1.12 bits per heavy atom. The van der Waals surface area contributed by atoms with Crippen LogP contribution in [0, 0.1) is 0 Å². The molecule has 0 saturated carbocycles. The van der Waals surface area contributed by atoms with E-state index in [9.17, 15) is 4.79 Å². The van der Waals surface area contributed by atoms with E-state index in [4.69, 9.17) is 4.74 Å². The highest BCUT2D eigenvalue weighted by atomic mass is 16.5. The fourth-order valence-corrected chi connectivity index (χ4v) is 3.36. The first-order valence-electron chi connectivity index (χ1n) is 8.91. The molecule has 4 rings (SSSR count). The number of anilines is 3. The summed E-state index contributed by atoms with van der Waals surface area (Å²) in [6, 6.07) is 9.78. The van der Waals surface area contributed by atoms with Crippen molar-refractivity contribution >= 4 is 23.2 Å². The first-order valence-corrected chi connectivity index (χ1v) is 8.91. The Balaban J connectivity index is 1.62. The van der Waals surface area contributed by atoms with Crippen LogP contribution in [0.1, 0.15) is 41.7 Å². The van der Waals surface area contributed by atoms with Gasteiger partial charge in [0.25, 0.3) is 0 Å². The highest BCUT2D eigenvalue weighted by Gasteiger charge is 2.25. The molecule has 130 valence electrons. The molecular formula is C19H22N4O2. The lowest BCUT2D eigenvalue weighted by atomic mass is 9.95. The lowest BCUT2D eigenvalue weighted by Crippen LogP contribution is -2.22. The van der Waals surface area contributed by atoms with Crippen LogP contribution in [0.4, 0.5) is 17.5 Å². The Morgan fingerprint density at radius 3 is 2.80 bits per heavy atom. The Kier molecular flexibility index (Phi) is 4.61. The molecule has 1 saturated heterocycles. The minimum absolute atomic E-state index is 0.116. The molecule has 1 fully saturated rings. The molecule has 2 aliphatic rings. The number of hydrogen-bond acceptors (Lipinski definition) is 6. The third-order valence-electron chi connectivity index (χ3n) is 4.63. The zero-order valence-corrected chi connectivity index (χ0v) is 14.1. The van der Waals surface area contributed by atoms with Gasteiger partial charge < -0.3 is 15.4 Å². The van der Waals surface area contributed by atoms with E-state index >= 15 is 0 Å². The maximum Gasteiger partial charge on any atom is 0.225 e. The number of fused-ring (bicyclic) bond motifs is 1. The lowest BCUT2D eigenvalue weighted by Gasteiger charge is -2.20. The Hall–Kier alpha value is -2.47. The smallest absolute Gasteiger partial charge is 0.225 e. The van der Waals surface area contributed by atoms with Crippen molar-refractivity contribution in [3.05, 3.63) is 41.6 Å². The molecule has 25 heavy (non-hydrogen) atoms. The zero-order chi connectivity index (χ0) is 17.1. The van der Waals surface area contributed by atoms with Gasteiger partial charge in [0.05, 0.1) is 17.4 Å². The molecule has 1 aliphatic carbocycles. The van der Waals surface area contributed by atoms with Gasteiger partial charge in [-0.2, -0.15) is 4.98 Å². The molecular weight excluding hydrogens is 316 g/mol. The van der Waals surface area contributed by atoms with Gasteiger partial charge in [0.15, 0.2) is 5.78 Å². The molecule has 1 aliphatic heterocycles. The van der Waals surface area contributed by atoms with Crippen LogP contribution in [0.3, 0.4) is 0 Å². The molecule has 2 aromatic rings. The Morgan fingerprint density at radius 2 is 2.00 bits per heavy atom. The van der Waals surface area contributed by atoms with E-state index < -0.39 is 0 Å². The molecule has 1 unspecified atom stereocenters. The summed E-state index contributed by atoms with van der Waals surface area (Å²) in [5, 5.41) is 6.57. The fourth-order valence-electron chi connectivity index (χ4n) is 3.36. The summed E-state index contributed by atoms with van der Waals surface area (Å²) in [6.45, 7) is 1.52. The molecule has 2 N–H and O–H groups in total. The van der Waals surface area contributed by atoms with E-state index in [1.54, 1.807) is 0 Å². The molecule has 1 aromatic heterocycles. The normalized spacial score (nSPS) is 19.5. The highest BCUT2D eigenvalue weighted by Crippen LogP contribution is 2.29. The number of rotatable bonds is 5. The number of aryl methyl sites for hydroxylation is 1. The molecule has 6 heteroatoms. The predicted molar refractivity (Wildman–Crippen MR) is 96.5 cm³/mol. The van der Waals surface area contributed by atoms with Gasteiger partial charge in [-0.05, 0) is 37.8 Å². The Labute approximate surface area is 147 Å². The summed E-state index contributed by atoms with van der Waals surface area (Å²) in [5.74, 6) is 1.27. The molecule has 6 nitrogen and oxygen atoms in total. The van der Waals surface area contributed by atoms with Gasteiger partial charge in [-0.15, -0.1) is 0 Å². The van der Waals surface area contributed by atoms with E-state index in [1.165, 1.54) is 0 Å². The van der Waals surface area contributed by atoms with Crippen molar-refractivity contribution in [2.75, 3.05) is 23.8 Å². The van der Waals surface area contributed by atoms with Crippen molar-refractivity contribution in [1.29, 1.82) is 0 Å². The third-order valence-corrected chi connectivity index (χ3v) is 4.63. The second kappa shape index (κ2) is 7.19. The molecule has 1 atom stereocenters. The molecule has 0 amide bonds. The summed E-state index contributed by atoms with van der Waals surface area (Å²) in [7, 11) is 0.